The lowest BCUT2D eigenvalue weighted by Crippen LogP contribution is -2.39. The third kappa shape index (κ3) is 3.81. The van der Waals surface area contributed by atoms with E-state index in [0.29, 0.717) is 10.8 Å². The Morgan fingerprint density at radius 2 is 1.75 bits per heavy atom. The van der Waals surface area contributed by atoms with Crippen molar-refractivity contribution in [3.05, 3.63) is 0 Å². The van der Waals surface area contributed by atoms with Gasteiger partial charge in [-0.15, -0.1) is 0 Å². The summed E-state index contributed by atoms with van der Waals surface area (Å²) in [5, 5.41) is 3.52. The van der Waals surface area contributed by atoms with Gasteiger partial charge in [0.05, 0.1) is 0 Å². The molecule has 74 valence electrons. The van der Waals surface area contributed by atoms with Crippen LogP contribution in [-0.2, 0) is 0 Å². The van der Waals surface area contributed by atoms with E-state index in [1.54, 1.807) is 0 Å². The van der Waals surface area contributed by atoms with Gasteiger partial charge in [-0.05, 0) is 19.1 Å². The minimum Gasteiger partial charge on any atom is -0.313 e. The maximum Gasteiger partial charge on any atom is 0.0276 e. The third-order valence-corrected chi connectivity index (χ3v) is 4.14. The van der Waals surface area contributed by atoms with Gasteiger partial charge in [0.15, 0.2) is 0 Å². The van der Waals surface area contributed by atoms with Crippen LogP contribution in [0.3, 0.4) is 0 Å². The summed E-state index contributed by atoms with van der Waals surface area (Å²) in [6, 6.07) is 0.606. The molecular formula is C10H23NS. The number of hydrogen-bond acceptors (Lipinski definition) is 2. The Morgan fingerprint density at radius 3 is 2.00 bits per heavy atom. The van der Waals surface area contributed by atoms with Crippen molar-refractivity contribution >= 4 is 11.8 Å². The summed E-state index contributed by atoms with van der Waals surface area (Å²) in [7, 11) is 0. The fourth-order valence-electron chi connectivity index (χ4n) is 1.25. The molecule has 0 unspecified atom stereocenters. The van der Waals surface area contributed by atoms with Gasteiger partial charge in [0.1, 0.15) is 0 Å². The Balaban J connectivity index is 3.93. The largest absolute Gasteiger partial charge is 0.313 e. The molecule has 12 heavy (non-hydrogen) atoms. The fourth-order valence-corrected chi connectivity index (χ4v) is 2.06. The lowest BCUT2D eigenvalue weighted by atomic mass is 10.0. The number of rotatable bonds is 6. The highest BCUT2D eigenvalue weighted by molar-refractivity contribution is 8.00. The Kier molecular flexibility index (Phi) is 6.02. The van der Waals surface area contributed by atoms with Gasteiger partial charge in [0.25, 0.3) is 0 Å². The predicted molar refractivity (Wildman–Crippen MR) is 60.0 cm³/mol. The molecule has 0 aromatic heterocycles. The normalized spacial score (nSPS) is 12.5. The molecule has 0 aliphatic heterocycles. The average Bonchev–Trinajstić information content (AvgIpc) is 2.08. The first-order valence-electron chi connectivity index (χ1n) is 4.88. The van der Waals surface area contributed by atoms with Gasteiger partial charge in [-0.25, -0.2) is 0 Å². The van der Waals surface area contributed by atoms with Gasteiger partial charge in [-0.1, -0.05) is 27.7 Å². The van der Waals surface area contributed by atoms with E-state index in [2.05, 4.69) is 39.3 Å². The zero-order chi connectivity index (χ0) is 9.61. The van der Waals surface area contributed by atoms with Gasteiger partial charge in [-0.2, -0.15) is 11.8 Å². The molecule has 0 heterocycles. The van der Waals surface area contributed by atoms with E-state index in [4.69, 9.17) is 0 Å². The monoisotopic (exact) mass is 189 g/mol. The quantitative estimate of drug-likeness (QED) is 0.689. The van der Waals surface area contributed by atoms with Crippen molar-refractivity contribution in [2.24, 2.45) is 0 Å². The van der Waals surface area contributed by atoms with Crippen molar-refractivity contribution in [2.45, 2.75) is 51.3 Å². The molecule has 0 bridgehead atoms. The Hall–Kier alpha value is 0.310. The number of hydrogen-bond donors (Lipinski definition) is 1. The van der Waals surface area contributed by atoms with Crippen molar-refractivity contribution in [3.63, 3.8) is 0 Å². The smallest absolute Gasteiger partial charge is 0.0276 e. The highest BCUT2D eigenvalue weighted by Crippen LogP contribution is 2.29. The summed E-state index contributed by atoms with van der Waals surface area (Å²) in [5.41, 5.74) is 0. The van der Waals surface area contributed by atoms with Crippen LogP contribution < -0.4 is 5.32 Å². The van der Waals surface area contributed by atoms with E-state index in [1.165, 1.54) is 12.8 Å². The molecule has 0 rings (SSSR count). The molecule has 0 radical (unpaired) electrons. The Bertz CT molecular complexity index is 100. The van der Waals surface area contributed by atoms with E-state index in [9.17, 15) is 0 Å². The van der Waals surface area contributed by atoms with Crippen LogP contribution in [0.15, 0.2) is 0 Å². The van der Waals surface area contributed by atoms with Crippen molar-refractivity contribution < 1.29 is 0 Å². The zero-order valence-electron chi connectivity index (χ0n) is 9.11. The molecule has 0 aliphatic carbocycles. The molecule has 0 amide bonds. The number of thioether (sulfide) groups is 1. The Labute approximate surface area is 81.7 Å². The highest BCUT2D eigenvalue weighted by atomic mass is 32.2. The second-order valence-electron chi connectivity index (χ2n) is 3.63. The highest BCUT2D eigenvalue weighted by Gasteiger charge is 2.24. The summed E-state index contributed by atoms with van der Waals surface area (Å²) in [6.45, 7) is 10.1. The van der Waals surface area contributed by atoms with Crippen LogP contribution >= 0.6 is 11.8 Å². The minimum atomic E-state index is 0.463. The van der Waals surface area contributed by atoms with Gasteiger partial charge in [0.2, 0.25) is 0 Å². The molecular weight excluding hydrogens is 166 g/mol. The van der Waals surface area contributed by atoms with Crippen LogP contribution in [0, 0.1) is 0 Å². The zero-order valence-corrected chi connectivity index (χ0v) is 9.92. The van der Waals surface area contributed by atoms with Crippen LogP contribution in [0.5, 0.6) is 0 Å². The molecule has 1 N–H and O–H groups in total. The average molecular weight is 189 g/mol. The molecule has 2 heteroatoms. The van der Waals surface area contributed by atoms with Gasteiger partial charge >= 0.3 is 0 Å². The fraction of sp³-hybridized carbons (Fsp3) is 1.00. The van der Waals surface area contributed by atoms with Crippen LogP contribution in [-0.4, -0.2) is 23.6 Å². The molecule has 0 aromatic carbocycles. The van der Waals surface area contributed by atoms with Crippen molar-refractivity contribution in [2.75, 3.05) is 12.8 Å². The van der Waals surface area contributed by atoms with E-state index in [-0.39, 0.29) is 0 Å². The molecule has 0 aromatic rings. The standard InChI is InChI=1S/C10H23NS/c1-6-10(7-2,12-5)8-11-9(3)4/h9,11H,6-8H2,1-5H3. The third-order valence-electron chi connectivity index (χ3n) is 2.55. The topological polar surface area (TPSA) is 12.0 Å². The van der Waals surface area contributed by atoms with E-state index < -0.39 is 0 Å². The molecule has 0 aliphatic rings. The van der Waals surface area contributed by atoms with Gasteiger partial charge in [0, 0.05) is 17.3 Å². The molecule has 0 saturated carbocycles. The Morgan fingerprint density at radius 1 is 1.25 bits per heavy atom. The van der Waals surface area contributed by atoms with Crippen molar-refractivity contribution in [1.29, 1.82) is 0 Å². The summed E-state index contributed by atoms with van der Waals surface area (Å²) < 4.78 is 0.463. The lowest BCUT2D eigenvalue weighted by molar-refractivity contribution is 0.466. The maximum atomic E-state index is 3.52. The molecule has 0 atom stereocenters. The molecule has 0 fully saturated rings. The lowest BCUT2D eigenvalue weighted by Gasteiger charge is -2.30. The summed E-state index contributed by atoms with van der Waals surface area (Å²) >= 11 is 2.00. The van der Waals surface area contributed by atoms with Crippen LogP contribution in [0.2, 0.25) is 0 Å². The first-order valence-corrected chi connectivity index (χ1v) is 6.11. The number of nitrogens with one attached hydrogen (secondary N) is 1. The summed E-state index contributed by atoms with van der Waals surface area (Å²) in [5.74, 6) is 0. The van der Waals surface area contributed by atoms with Crippen LogP contribution in [0.1, 0.15) is 40.5 Å². The van der Waals surface area contributed by atoms with Crippen molar-refractivity contribution in [1.82, 2.24) is 5.32 Å². The second kappa shape index (κ2) is 5.87. The van der Waals surface area contributed by atoms with Crippen LogP contribution in [0.25, 0.3) is 0 Å². The second-order valence-corrected chi connectivity index (χ2v) is 4.90. The van der Waals surface area contributed by atoms with Crippen molar-refractivity contribution in [3.8, 4) is 0 Å². The molecule has 1 nitrogen and oxygen atoms in total. The van der Waals surface area contributed by atoms with E-state index in [1.807, 2.05) is 11.8 Å². The SMILES string of the molecule is CCC(CC)(CNC(C)C)SC. The molecule has 0 spiro atoms. The first kappa shape index (κ1) is 12.3. The first-order chi connectivity index (χ1) is 5.60. The van der Waals surface area contributed by atoms with Crippen LogP contribution in [0.4, 0.5) is 0 Å². The van der Waals surface area contributed by atoms with Gasteiger partial charge < -0.3 is 5.32 Å². The van der Waals surface area contributed by atoms with E-state index >= 15 is 0 Å². The molecule has 0 saturated heterocycles. The maximum absolute atomic E-state index is 3.52. The van der Waals surface area contributed by atoms with E-state index in [0.717, 1.165) is 6.54 Å². The summed E-state index contributed by atoms with van der Waals surface area (Å²) in [4.78, 5) is 0. The predicted octanol–water partition coefficient (Wildman–Crippen LogP) is 2.91. The summed E-state index contributed by atoms with van der Waals surface area (Å²) in [6.07, 6.45) is 4.73. The minimum absolute atomic E-state index is 0.463. The van der Waals surface area contributed by atoms with Gasteiger partial charge in [-0.3, -0.25) is 0 Å².